The smallest absolute Gasteiger partial charge is 0.255 e. The predicted octanol–water partition coefficient (Wildman–Crippen LogP) is 8.11. The number of aromatic nitrogens is 3. The Morgan fingerprint density at radius 1 is 1.11 bits per heavy atom. The molecule has 1 amide bonds. The summed E-state index contributed by atoms with van der Waals surface area (Å²) in [4.78, 5) is 18.9. The van der Waals surface area contributed by atoms with E-state index in [9.17, 15) is 4.79 Å². The number of hydrogen-bond donors (Lipinski definition) is 2. The summed E-state index contributed by atoms with van der Waals surface area (Å²) in [6.45, 7) is 8.60. The summed E-state index contributed by atoms with van der Waals surface area (Å²) >= 11 is 5.35. The Labute approximate surface area is 271 Å². The quantitative estimate of drug-likeness (QED) is 0.116. The fourth-order valence-corrected chi connectivity index (χ4v) is 6.62. The molecule has 0 radical (unpaired) electrons. The van der Waals surface area contributed by atoms with Crippen molar-refractivity contribution in [3.8, 4) is 11.5 Å². The molecule has 4 aromatic rings. The lowest BCUT2D eigenvalue weighted by molar-refractivity contribution is -0.113. The predicted molar refractivity (Wildman–Crippen MR) is 181 cm³/mol. The van der Waals surface area contributed by atoms with Crippen LogP contribution in [0.15, 0.2) is 81.6 Å². The minimum Gasteiger partial charge on any atom is -0.493 e. The maximum Gasteiger partial charge on any atom is 0.255 e. The highest BCUT2D eigenvalue weighted by molar-refractivity contribution is 9.10. The second kappa shape index (κ2) is 14.3. The number of carbonyl (C=O) groups excluding carboxylic acids is 1. The second-order valence-electron chi connectivity index (χ2n) is 10.8. The van der Waals surface area contributed by atoms with Gasteiger partial charge in [-0.05, 0) is 83.6 Å². The minimum atomic E-state index is -0.562. The van der Waals surface area contributed by atoms with Gasteiger partial charge in [-0.3, -0.25) is 4.79 Å². The first kappa shape index (κ1) is 31.7. The number of unbranched alkanes of at least 4 members (excludes halogenated alkanes) is 1. The number of nitrogens with zero attached hydrogens (tertiary/aromatic N) is 3. The number of methoxy groups -OCH3 is 1. The van der Waals surface area contributed by atoms with Gasteiger partial charge >= 0.3 is 0 Å². The molecular formula is C34H38BrN5O3S. The fraction of sp³-hybridized carbons (Fsp3) is 0.324. The van der Waals surface area contributed by atoms with Gasteiger partial charge in [0, 0.05) is 23.6 Å². The van der Waals surface area contributed by atoms with E-state index in [1.54, 1.807) is 23.6 Å². The number of aryl methyl sites for hydroxylation is 1. The number of rotatable bonds is 12. The van der Waals surface area contributed by atoms with E-state index >= 15 is 0 Å². The molecule has 8 nitrogen and oxygen atoms in total. The largest absolute Gasteiger partial charge is 0.493 e. The SMILES string of the molecule is CCCCSc1nc2n(n1)C(c1cc(Br)c(OCCc3ccccc3)c(OC)c1)C(C(=O)Nc1cccc(C)c1C)=C(C)N2. The molecule has 0 spiro atoms. The molecule has 1 aromatic heterocycles. The number of amides is 1. The van der Waals surface area contributed by atoms with Crippen LogP contribution >= 0.6 is 27.7 Å². The summed E-state index contributed by atoms with van der Waals surface area (Å²) in [6, 6.07) is 19.5. The van der Waals surface area contributed by atoms with Crippen LogP contribution in [0.3, 0.4) is 0 Å². The Hall–Kier alpha value is -3.76. The number of anilines is 2. The van der Waals surface area contributed by atoms with Gasteiger partial charge in [0.25, 0.3) is 5.91 Å². The Morgan fingerprint density at radius 3 is 2.66 bits per heavy atom. The van der Waals surface area contributed by atoms with E-state index in [1.807, 2.05) is 69.3 Å². The number of benzene rings is 3. The topological polar surface area (TPSA) is 90.3 Å². The van der Waals surface area contributed by atoms with Crippen molar-refractivity contribution in [3.63, 3.8) is 0 Å². The molecule has 0 bridgehead atoms. The van der Waals surface area contributed by atoms with Crippen molar-refractivity contribution in [3.05, 3.63) is 98.7 Å². The van der Waals surface area contributed by atoms with E-state index in [4.69, 9.17) is 19.6 Å². The number of fused-ring (bicyclic) bond motifs is 1. The van der Waals surface area contributed by atoms with Crippen molar-refractivity contribution in [2.24, 2.45) is 0 Å². The summed E-state index contributed by atoms with van der Waals surface area (Å²) in [5.74, 6) is 2.47. The van der Waals surface area contributed by atoms with E-state index in [1.165, 1.54) is 5.56 Å². The first-order valence-corrected chi connectivity index (χ1v) is 16.6. The van der Waals surface area contributed by atoms with Crippen LogP contribution in [0, 0.1) is 13.8 Å². The van der Waals surface area contributed by atoms with Gasteiger partial charge < -0.3 is 20.1 Å². The van der Waals surface area contributed by atoms with Crippen LogP contribution in [0.5, 0.6) is 11.5 Å². The molecule has 230 valence electrons. The number of ether oxygens (including phenoxy) is 2. The molecule has 10 heteroatoms. The molecule has 1 unspecified atom stereocenters. The Kier molecular flexibility index (Phi) is 10.3. The minimum absolute atomic E-state index is 0.215. The van der Waals surface area contributed by atoms with Gasteiger partial charge in [0.05, 0.1) is 23.8 Å². The van der Waals surface area contributed by atoms with Gasteiger partial charge in [0.2, 0.25) is 11.1 Å². The Morgan fingerprint density at radius 2 is 1.91 bits per heavy atom. The van der Waals surface area contributed by atoms with Crippen LogP contribution < -0.4 is 20.1 Å². The van der Waals surface area contributed by atoms with Gasteiger partial charge in [-0.15, -0.1) is 5.10 Å². The summed E-state index contributed by atoms with van der Waals surface area (Å²) in [6.07, 6.45) is 2.93. The first-order chi connectivity index (χ1) is 21.3. The lowest BCUT2D eigenvalue weighted by atomic mass is 9.94. The molecule has 44 heavy (non-hydrogen) atoms. The Bertz CT molecular complexity index is 1670. The zero-order chi connectivity index (χ0) is 31.2. The van der Waals surface area contributed by atoms with Crippen molar-refractivity contribution >= 4 is 45.2 Å². The monoisotopic (exact) mass is 675 g/mol. The van der Waals surface area contributed by atoms with Crippen LogP contribution in [0.1, 0.15) is 55.0 Å². The van der Waals surface area contributed by atoms with Crippen LogP contribution in [-0.2, 0) is 11.2 Å². The highest BCUT2D eigenvalue weighted by Gasteiger charge is 2.35. The fourth-order valence-electron chi connectivity index (χ4n) is 5.13. The number of carbonyl (C=O) groups is 1. The molecule has 2 N–H and O–H groups in total. The molecule has 1 aliphatic heterocycles. The molecule has 1 aliphatic rings. The van der Waals surface area contributed by atoms with E-state index in [2.05, 4.69) is 45.6 Å². The van der Waals surface area contributed by atoms with Crippen LogP contribution in [0.25, 0.3) is 0 Å². The molecule has 0 fully saturated rings. The van der Waals surface area contributed by atoms with Gasteiger partial charge in [0.15, 0.2) is 11.5 Å². The lowest BCUT2D eigenvalue weighted by Crippen LogP contribution is -2.31. The van der Waals surface area contributed by atoms with E-state index in [-0.39, 0.29) is 5.91 Å². The third-order valence-corrected chi connectivity index (χ3v) is 9.22. The summed E-state index contributed by atoms with van der Waals surface area (Å²) < 4.78 is 14.6. The van der Waals surface area contributed by atoms with E-state index < -0.39 is 6.04 Å². The van der Waals surface area contributed by atoms with Gasteiger partial charge in [0.1, 0.15) is 6.04 Å². The molecule has 0 aliphatic carbocycles. The van der Waals surface area contributed by atoms with Crippen LogP contribution in [0.2, 0.25) is 0 Å². The van der Waals surface area contributed by atoms with Crippen molar-refractivity contribution in [2.45, 2.75) is 58.2 Å². The van der Waals surface area contributed by atoms with E-state index in [0.29, 0.717) is 40.5 Å². The molecule has 3 aromatic carbocycles. The maximum absolute atomic E-state index is 14.1. The van der Waals surface area contributed by atoms with Gasteiger partial charge in [-0.2, -0.15) is 4.98 Å². The number of thioether (sulfide) groups is 1. The number of nitrogens with one attached hydrogen (secondary N) is 2. The average molecular weight is 677 g/mol. The van der Waals surface area contributed by atoms with Crippen LogP contribution in [0.4, 0.5) is 11.6 Å². The molecule has 0 saturated heterocycles. The lowest BCUT2D eigenvalue weighted by Gasteiger charge is -2.29. The first-order valence-electron chi connectivity index (χ1n) is 14.8. The van der Waals surface area contributed by atoms with Crippen molar-refractivity contribution in [1.29, 1.82) is 0 Å². The summed E-state index contributed by atoms with van der Waals surface area (Å²) in [5, 5.41) is 12.0. The van der Waals surface area contributed by atoms with Gasteiger partial charge in [-0.25, -0.2) is 4.68 Å². The summed E-state index contributed by atoms with van der Waals surface area (Å²) in [5.41, 5.74) is 6.16. The molecule has 1 atom stereocenters. The van der Waals surface area contributed by atoms with Crippen molar-refractivity contribution in [1.82, 2.24) is 14.8 Å². The summed E-state index contributed by atoms with van der Waals surface area (Å²) in [7, 11) is 1.62. The van der Waals surface area contributed by atoms with Crippen LogP contribution in [-0.4, -0.2) is 40.1 Å². The number of halogens is 1. The molecule has 5 rings (SSSR count). The molecule has 0 saturated carbocycles. The number of hydrogen-bond acceptors (Lipinski definition) is 7. The zero-order valence-electron chi connectivity index (χ0n) is 25.7. The normalized spacial score (nSPS) is 14.2. The zero-order valence-corrected chi connectivity index (χ0v) is 28.1. The third-order valence-electron chi connectivity index (χ3n) is 7.71. The standard InChI is InChI=1S/C34H38BrN5O3S/c1-6-7-18-44-34-38-33-36-23(4)29(32(41)37-27-15-11-12-21(2)22(27)3)30(40(33)39-34)25-19-26(35)31(28(20-25)42-5)43-17-16-24-13-9-8-10-14-24/h8-15,19-20,30H,6-7,16-18H2,1-5H3,(H,37,41)(H,36,38,39). The Balaban J connectivity index is 1.52. The van der Waals surface area contributed by atoms with Crippen molar-refractivity contribution in [2.75, 3.05) is 30.1 Å². The van der Waals surface area contributed by atoms with E-state index in [0.717, 1.165) is 51.9 Å². The van der Waals surface area contributed by atoms with Crippen molar-refractivity contribution < 1.29 is 14.3 Å². The third kappa shape index (κ3) is 6.97. The molecular weight excluding hydrogens is 638 g/mol. The van der Waals surface area contributed by atoms with Gasteiger partial charge in [-0.1, -0.05) is 67.6 Å². The highest BCUT2D eigenvalue weighted by atomic mass is 79.9. The average Bonchev–Trinajstić information content (AvgIpc) is 3.42. The number of allylic oxidation sites excluding steroid dienone is 1. The maximum atomic E-state index is 14.1. The second-order valence-corrected chi connectivity index (χ2v) is 12.7. The molecule has 2 heterocycles. The highest BCUT2D eigenvalue weighted by Crippen LogP contribution is 2.43.